The first kappa shape index (κ1) is 18.4. The first-order valence-electron chi connectivity index (χ1n) is 7.88. The van der Waals surface area contributed by atoms with Gasteiger partial charge in [-0.25, -0.2) is 4.79 Å². The number of rotatable bonds is 6. The zero-order chi connectivity index (χ0) is 15.9. The van der Waals surface area contributed by atoms with E-state index in [1.807, 2.05) is 20.8 Å². The van der Waals surface area contributed by atoms with E-state index >= 15 is 0 Å². The topological polar surface area (TPSA) is 58.6 Å². The number of nitrogens with one attached hydrogen (secondary N) is 1. The van der Waals surface area contributed by atoms with Crippen LogP contribution in [0.5, 0.6) is 0 Å². The fraction of sp³-hybridized carbons (Fsp3) is 0.933. The van der Waals surface area contributed by atoms with E-state index in [2.05, 4.69) is 12.2 Å². The van der Waals surface area contributed by atoms with E-state index in [1.54, 1.807) is 4.90 Å². The molecular formula is C15H30N2O3S. The number of hydrogen-bond donors (Lipinski definition) is 1. The van der Waals surface area contributed by atoms with Gasteiger partial charge in [0.15, 0.2) is 0 Å². The Kier molecular flexibility index (Phi) is 7.66. The third-order valence-electron chi connectivity index (χ3n) is 3.35. The Labute approximate surface area is 131 Å². The second-order valence-corrected chi connectivity index (χ2v) is 8.24. The minimum absolute atomic E-state index is 0.240. The van der Waals surface area contributed by atoms with E-state index in [0.717, 1.165) is 37.3 Å². The normalized spacial score (nSPS) is 22.9. The number of nitrogens with zero attached hydrogens (tertiary/aromatic N) is 1. The van der Waals surface area contributed by atoms with Crippen LogP contribution in [0.3, 0.4) is 0 Å². The fourth-order valence-corrected chi connectivity index (χ4v) is 3.59. The molecule has 1 heterocycles. The first-order chi connectivity index (χ1) is 9.81. The van der Waals surface area contributed by atoms with Gasteiger partial charge in [-0.05, 0) is 40.0 Å². The van der Waals surface area contributed by atoms with Crippen LogP contribution >= 0.6 is 0 Å². The molecular weight excluding hydrogens is 288 g/mol. The van der Waals surface area contributed by atoms with Crippen LogP contribution in [0.4, 0.5) is 4.79 Å². The lowest BCUT2D eigenvalue weighted by molar-refractivity contribution is 0.0250. The van der Waals surface area contributed by atoms with Gasteiger partial charge in [0.05, 0.1) is 0 Å². The molecule has 0 spiro atoms. The lowest BCUT2D eigenvalue weighted by Crippen LogP contribution is -2.44. The SMILES string of the molecule is CCCN(CCNC1CCS(=O)CC1)C(=O)OC(C)(C)C. The van der Waals surface area contributed by atoms with Crippen LogP contribution in [0.25, 0.3) is 0 Å². The van der Waals surface area contributed by atoms with Gasteiger partial charge in [-0.3, -0.25) is 4.21 Å². The molecule has 0 aromatic rings. The molecule has 0 aromatic carbocycles. The highest BCUT2D eigenvalue weighted by Crippen LogP contribution is 2.11. The Morgan fingerprint density at radius 1 is 1.29 bits per heavy atom. The maximum atomic E-state index is 12.1. The molecule has 5 nitrogen and oxygen atoms in total. The average molecular weight is 318 g/mol. The summed E-state index contributed by atoms with van der Waals surface area (Å²) in [4.78, 5) is 13.9. The monoisotopic (exact) mass is 318 g/mol. The van der Waals surface area contributed by atoms with Crippen molar-refractivity contribution in [3.8, 4) is 0 Å². The molecule has 0 radical (unpaired) electrons. The summed E-state index contributed by atoms with van der Waals surface area (Å²) in [6.07, 6.45) is 2.61. The van der Waals surface area contributed by atoms with Gasteiger partial charge in [-0.2, -0.15) is 0 Å². The molecule has 0 bridgehead atoms. The summed E-state index contributed by atoms with van der Waals surface area (Å²) in [6.45, 7) is 9.84. The minimum Gasteiger partial charge on any atom is -0.444 e. The molecule has 0 unspecified atom stereocenters. The van der Waals surface area contributed by atoms with Gasteiger partial charge in [0, 0.05) is 48.0 Å². The molecule has 1 aliphatic rings. The maximum absolute atomic E-state index is 12.1. The summed E-state index contributed by atoms with van der Waals surface area (Å²) < 4.78 is 16.7. The van der Waals surface area contributed by atoms with Crippen molar-refractivity contribution in [3.63, 3.8) is 0 Å². The van der Waals surface area contributed by atoms with Crippen molar-refractivity contribution in [2.75, 3.05) is 31.1 Å². The third kappa shape index (κ3) is 7.81. The van der Waals surface area contributed by atoms with E-state index in [-0.39, 0.29) is 6.09 Å². The smallest absolute Gasteiger partial charge is 0.410 e. The van der Waals surface area contributed by atoms with Crippen LogP contribution in [0, 0.1) is 0 Å². The van der Waals surface area contributed by atoms with E-state index in [0.29, 0.717) is 19.1 Å². The molecule has 1 aliphatic heterocycles. The molecule has 1 fully saturated rings. The second kappa shape index (κ2) is 8.73. The maximum Gasteiger partial charge on any atom is 0.410 e. The van der Waals surface area contributed by atoms with Crippen LogP contribution in [-0.2, 0) is 15.5 Å². The molecule has 0 saturated carbocycles. The Morgan fingerprint density at radius 3 is 2.43 bits per heavy atom. The molecule has 21 heavy (non-hydrogen) atoms. The zero-order valence-electron chi connectivity index (χ0n) is 13.8. The number of carbonyl (C=O) groups excluding carboxylic acids is 1. The Hall–Kier alpha value is -0.620. The van der Waals surface area contributed by atoms with Crippen molar-refractivity contribution in [2.45, 2.75) is 58.6 Å². The summed E-state index contributed by atoms with van der Waals surface area (Å²) in [5.74, 6) is 1.59. The average Bonchev–Trinajstić information content (AvgIpc) is 2.38. The van der Waals surface area contributed by atoms with Crippen LogP contribution < -0.4 is 5.32 Å². The summed E-state index contributed by atoms with van der Waals surface area (Å²) >= 11 is 0. The number of ether oxygens (including phenoxy) is 1. The number of carbonyl (C=O) groups is 1. The molecule has 0 atom stereocenters. The highest BCUT2D eigenvalue weighted by molar-refractivity contribution is 7.85. The molecule has 1 amide bonds. The van der Waals surface area contributed by atoms with Crippen molar-refractivity contribution >= 4 is 16.9 Å². The summed E-state index contributed by atoms with van der Waals surface area (Å²) in [6, 6.07) is 0.435. The van der Waals surface area contributed by atoms with E-state index in [4.69, 9.17) is 4.74 Å². The van der Waals surface area contributed by atoms with E-state index < -0.39 is 16.4 Å². The van der Waals surface area contributed by atoms with E-state index in [9.17, 15) is 9.00 Å². The lowest BCUT2D eigenvalue weighted by Gasteiger charge is -2.28. The molecule has 0 aliphatic carbocycles. The standard InChI is InChI=1S/C15H30N2O3S/c1-5-9-17(14(18)20-15(2,3)4)10-8-16-13-6-11-21(19)12-7-13/h13,16H,5-12H2,1-4H3. The fourth-order valence-electron chi connectivity index (χ4n) is 2.29. The highest BCUT2D eigenvalue weighted by Gasteiger charge is 2.22. The van der Waals surface area contributed by atoms with Gasteiger partial charge < -0.3 is 15.0 Å². The molecule has 124 valence electrons. The van der Waals surface area contributed by atoms with Crippen LogP contribution in [0.15, 0.2) is 0 Å². The first-order valence-corrected chi connectivity index (χ1v) is 9.37. The number of hydrogen-bond acceptors (Lipinski definition) is 4. The summed E-state index contributed by atoms with van der Waals surface area (Å²) in [7, 11) is -0.622. The Morgan fingerprint density at radius 2 is 1.90 bits per heavy atom. The van der Waals surface area contributed by atoms with Gasteiger partial charge in [0.1, 0.15) is 5.60 Å². The summed E-state index contributed by atoms with van der Waals surface area (Å²) in [5, 5.41) is 3.46. The third-order valence-corrected chi connectivity index (χ3v) is 4.73. The van der Waals surface area contributed by atoms with Crippen molar-refractivity contribution in [3.05, 3.63) is 0 Å². The van der Waals surface area contributed by atoms with Crippen molar-refractivity contribution in [1.29, 1.82) is 0 Å². The van der Waals surface area contributed by atoms with Gasteiger partial charge in [-0.1, -0.05) is 6.92 Å². The Bertz CT molecular complexity index is 345. The largest absolute Gasteiger partial charge is 0.444 e. The lowest BCUT2D eigenvalue weighted by atomic mass is 10.1. The van der Waals surface area contributed by atoms with Gasteiger partial charge in [-0.15, -0.1) is 0 Å². The van der Waals surface area contributed by atoms with Crippen LogP contribution in [0.2, 0.25) is 0 Å². The molecule has 1 rings (SSSR count). The van der Waals surface area contributed by atoms with Crippen LogP contribution in [0.1, 0.15) is 47.0 Å². The molecule has 6 heteroatoms. The predicted molar refractivity (Wildman–Crippen MR) is 87.0 cm³/mol. The highest BCUT2D eigenvalue weighted by atomic mass is 32.2. The zero-order valence-corrected chi connectivity index (χ0v) is 14.6. The van der Waals surface area contributed by atoms with Gasteiger partial charge in [0.2, 0.25) is 0 Å². The van der Waals surface area contributed by atoms with Gasteiger partial charge in [0.25, 0.3) is 0 Å². The Balaban J connectivity index is 2.33. The molecule has 0 aromatic heterocycles. The van der Waals surface area contributed by atoms with Crippen molar-refractivity contribution < 1.29 is 13.7 Å². The van der Waals surface area contributed by atoms with Gasteiger partial charge >= 0.3 is 6.09 Å². The predicted octanol–water partition coefficient (Wildman–Crippen LogP) is 2.13. The summed E-state index contributed by atoms with van der Waals surface area (Å²) in [5.41, 5.74) is -0.454. The molecule has 1 saturated heterocycles. The molecule has 1 N–H and O–H groups in total. The van der Waals surface area contributed by atoms with Crippen molar-refractivity contribution in [2.24, 2.45) is 0 Å². The quantitative estimate of drug-likeness (QED) is 0.815. The van der Waals surface area contributed by atoms with Crippen molar-refractivity contribution in [1.82, 2.24) is 10.2 Å². The second-order valence-electron chi connectivity index (χ2n) is 6.54. The minimum atomic E-state index is -0.622. The number of amides is 1. The van der Waals surface area contributed by atoms with Crippen LogP contribution in [-0.4, -0.2) is 58.0 Å². The van der Waals surface area contributed by atoms with E-state index in [1.165, 1.54) is 0 Å².